The first-order chi connectivity index (χ1) is 9.63. The van der Waals surface area contributed by atoms with Crippen LogP contribution in [0.5, 0.6) is 11.5 Å². The van der Waals surface area contributed by atoms with E-state index in [9.17, 15) is 9.90 Å². The largest absolute Gasteiger partial charge is 0.507 e. The van der Waals surface area contributed by atoms with Crippen molar-refractivity contribution in [2.45, 2.75) is 0 Å². The molecule has 102 valence electrons. The summed E-state index contributed by atoms with van der Waals surface area (Å²) in [5.41, 5.74) is 1.76. The molecule has 0 amide bonds. The highest BCUT2D eigenvalue weighted by molar-refractivity contribution is 6.30. The SMILES string of the molecule is COc1cc(O)c(C=O)c(/C=C/c2ccc(Cl)cc2)c1. The Balaban J connectivity index is 2.39. The fourth-order valence-electron chi connectivity index (χ4n) is 1.78. The summed E-state index contributed by atoms with van der Waals surface area (Å²) in [7, 11) is 1.50. The zero-order valence-corrected chi connectivity index (χ0v) is 11.6. The molecular weight excluding hydrogens is 276 g/mol. The van der Waals surface area contributed by atoms with Crippen molar-refractivity contribution in [1.82, 2.24) is 0 Å². The van der Waals surface area contributed by atoms with Crippen molar-refractivity contribution in [1.29, 1.82) is 0 Å². The topological polar surface area (TPSA) is 46.5 Å². The molecule has 0 saturated heterocycles. The van der Waals surface area contributed by atoms with Crippen LogP contribution in [0.2, 0.25) is 5.02 Å². The molecule has 0 radical (unpaired) electrons. The highest BCUT2D eigenvalue weighted by Gasteiger charge is 2.08. The molecule has 2 rings (SSSR count). The first kappa shape index (κ1) is 14.2. The van der Waals surface area contributed by atoms with E-state index in [1.165, 1.54) is 13.2 Å². The van der Waals surface area contributed by atoms with E-state index in [0.717, 1.165) is 5.56 Å². The van der Waals surface area contributed by atoms with Crippen LogP contribution in [-0.4, -0.2) is 18.5 Å². The minimum atomic E-state index is -0.102. The second-order valence-corrected chi connectivity index (χ2v) is 4.59. The maximum Gasteiger partial charge on any atom is 0.154 e. The Bertz CT molecular complexity index is 646. The van der Waals surface area contributed by atoms with Crippen molar-refractivity contribution in [2.24, 2.45) is 0 Å². The van der Waals surface area contributed by atoms with E-state index >= 15 is 0 Å². The molecule has 0 aliphatic carbocycles. The smallest absolute Gasteiger partial charge is 0.154 e. The van der Waals surface area contributed by atoms with Gasteiger partial charge in [0.05, 0.1) is 12.7 Å². The second-order valence-electron chi connectivity index (χ2n) is 4.15. The summed E-state index contributed by atoms with van der Waals surface area (Å²) >= 11 is 5.82. The van der Waals surface area contributed by atoms with Gasteiger partial charge in [-0.3, -0.25) is 4.79 Å². The van der Waals surface area contributed by atoms with E-state index < -0.39 is 0 Å². The van der Waals surface area contributed by atoms with Gasteiger partial charge in [-0.15, -0.1) is 0 Å². The summed E-state index contributed by atoms with van der Waals surface area (Å²) in [6, 6.07) is 10.4. The molecule has 2 aromatic rings. The van der Waals surface area contributed by atoms with Gasteiger partial charge in [0.25, 0.3) is 0 Å². The maximum absolute atomic E-state index is 11.1. The van der Waals surface area contributed by atoms with Crippen LogP contribution in [0.1, 0.15) is 21.5 Å². The number of rotatable bonds is 4. The average molecular weight is 289 g/mol. The standard InChI is InChI=1S/C16H13ClO3/c1-20-14-8-12(15(10-18)16(19)9-14)5-2-11-3-6-13(17)7-4-11/h2-10,19H,1H3/b5-2+. The molecule has 0 aromatic heterocycles. The number of benzene rings is 2. The number of carbonyl (C=O) groups is 1. The van der Waals surface area contributed by atoms with Crippen LogP contribution in [0.3, 0.4) is 0 Å². The number of aldehydes is 1. The average Bonchev–Trinajstić information content (AvgIpc) is 2.46. The zero-order chi connectivity index (χ0) is 14.5. The number of phenolic OH excluding ortho intramolecular Hbond substituents is 1. The van der Waals surface area contributed by atoms with Crippen LogP contribution in [0.15, 0.2) is 36.4 Å². The quantitative estimate of drug-likeness (QED) is 0.682. The lowest BCUT2D eigenvalue weighted by Gasteiger charge is -2.06. The van der Waals surface area contributed by atoms with Crippen molar-refractivity contribution in [2.75, 3.05) is 7.11 Å². The Kier molecular flexibility index (Phi) is 4.43. The van der Waals surface area contributed by atoms with E-state index in [-0.39, 0.29) is 11.3 Å². The van der Waals surface area contributed by atoms with Gasteiger partial charge < -0.3 is 9.84 Å². The third-order valence-corrected chi connectivity index (χ3v) is 3.09. The molecule has 0 fully saturated rings. The summed E-state index contributed by atoms with van der Waals surface area (Å²) < 4.78 is 5.08. The minimum Gasteiger partial charge on any atom is -0.507 e. The highest BCUT2D eigenvalue weighted by Crippen LogP contribution is 2.28. The van der Waals surface area contributed by atoms with Crippen molar-refractivity contribution in [3.63, 3.8) is 0 Å². The summed E-state index contributed by atoms with van der Waals surface area (Å²) in [5, 5.41) is 10.4. The van der Waals surface area contributed by atoms with Crippen molar-refractivity contribution < 1.29 is 14.6 Å². The van der Waals surface area contributed by atoms with Gasteiger partial charge in [0, 0.05) is 11.1 Å². The molecule has 4 heteroatoms. The number of aromatic hydroxyl groups is 1. The molecule has 0 aliphatic rings. The fourth-order valence-corrected chi connectivity index (χ4v) is 1.90. The molecule has 0 unspecified atom stereocenters. The number of hydrogen-bond donors (Lipinski definition) is 1. The molecule has 1 N–H and O–H groups in total. The lowest BCUT2D eigenvalue weighted by molar-refractivity contribution is 0.112. The van der Waals surface area contributed by atoms with Gasteiger partial charge in [0.2, 0.25) is 0 Å². The summed E-state index contributed by atoms with van der Waals surface area (Å²) in [5.74, 6) is 0.388. The monoisotopic (exact) mass is 288 g/mol. The zero-order valence-electron chi connectivity index (χ0n) is 10.8. The molecule has 0 heterocycles. The number of hydrogen-bond acceptors (Lipinski definition) is 3. The second kappa shape index (κ2) is 6.26. The van der Waals surface area contributed by atoms with Crippen molar-refractivity contribution >= 4 is 30.0 Å². The normalized spacial score (nSPS) is 10.7. The van der Waals surface area contributed by atoms with Gasteiger partial charge in [-0.05, 0) is 29.3 Å². The number of methoxy groups -OCH3 is 1. The Labute approximate surface area is 122 Å². The maximum atomic E-state index is 11.1. The lowest BCUT2D eigenvalue weighted by atomic mass is 10.0. The van der Waals surface area contributed by atoms with Gasteiger partial charge in [-0.2, -0.15) is 0 Å². The summed E-state index contributed by atoms with van der Waals surface area (Å²) in [6.45, 7) is 0. The molecule has 20 heavy (non-hydrogen) atoms. The molecule has 0 atom stereocenters. The van der Waals surface area contributed by atoms with E-state index in [4.69, 9.17) is 16.3 Å². The number of ether oxygens (including phenoxy) is 1. The van der Waals surface area contributed by atoms with E-state index in [1.807, 2.05) is 18.2 Å². The molecule has 0 spiro atoms. The van der Waals surface area contributed by atoms with Crippen LogP contribution in [-0.2, 0) is 0 Å². The number of halogens is 1. The molecule has 0 aliphatic heterocycles. The Morgan fingerprint density at radius 3 is 2.45 bits per heavy atom. The van der Waals surface area contributed by atoms with Gasteiger partial charge in [-0.1, -0.05) is 35.9 Å². The Hall–Kier alpha value is -2.26. The van der Waals surface area contributed by atoms with Gasteiger partial charge in [0.1, 0.15) is 11.5 Å². The molecule has 0 bridgehead atoms. The van der Waals surface area contributed by atoms with E-state index in [1.54, 1.807) is 24.3 Å². The number of phenols is 1. The molecule has 3 nitrogen and oxygen atoms in total. The molecule has 2 aromatic carbocycles. The van der Waals surface area contributed by atoms with Crippen LogP contribution >= 0.6 is 11.6 Å². The highest BCUT2D eigenvalue weighted by atomic mass is 35.5. The fraction of sp³-hybridized carbons (Fsp3) is 0.0625. The Morgan fingerprint density at radius 1 is 1.15 bits per heavy atom. The first-order valence-corrected chi connectivity index (χ1v) is 6.31. The van der Waals surface area contributed by atoms with Gasteiger partial charge in [-0.25, -0.2) is 0 Å². The van der Waals surface area contributed by atoms with Crippen LogP contribution < -0.4 is 4.74 Å². The van der Waals surface area contributed by atoms with E-state index in [0.29, 0.717) is 22.6 Å². The number of carbonyl (C=O) groups excluding carboxylic acids is 1. The van der Waals surface area contributed by atoms with Crippen LogP contribution in [0.4, 0.5) is 0 Å². The van der Waals surface area contributed by atoms with Crippen LogP contribution in [0.25, 0.3) is 12.2 Å². The summed E-state index contributed by atoms with van der Waals surface area (Å²) in [6.07, 6.45) is 4.20. The molecule has 0 saturated carbocycles. The van der Waals surface area contributed by atoms with Crippen molar-refractivity contribution in [3.8, 4) is 11.5 Å². The minimum absolute atomic E-state index is 0.102. The third kappa shape index (κ3) is 3.19. The molecular formula is C16H13ClO3. The predicted octanol–water partition coefficient (Wildman–Crippen LogP) is 4.04. The van der Waals surface area contributed by atoms with Crippen molar-refractivity contribution in [3.05, 3.63) is 58.1 Å². The van der Waals surface area contributed by atoms with Crippen LogP contribution in [0, 0.1) is 0 Å². The third-order valence-electron chi connectivity index (χ3n) is 2.84. The van der Waals surface area contributed by atoms with E-state index in [2.05, 4.69) is 0 Å². The predicted molar refractivity (Wildman–Crippen MR) is 80.4 cm³/mol. The van der Waals surface area contributed by atoms with Gasteiger partial charge >= 0.3 is 0 Å². The lowest BCUT2D eigenvalue weighted by Crippen LogP contribution is -1.91. The summed E-state index contributed by atoms with van der Waals surface area (Å²) in [4.78, 5) is 11.1. The first-order valence-electron chi connectivity index (χ1n) is 5.94. The Morgan fingerprint density at radius 2 is 1.85 bits per heavy atom. The van der Waals surface area contributed by atoms with Gasteiger partial charge in [0.15, 0.2) is 6.29 Å².